The third kappa shape index (κ3) is 3.89. The molecule has 3 aromatic carbocycles. The Hall–Kier alpha value is -4.01. The molecule has 2 heterocycles. The van der Waals surface area contributed by atoms with E-state index in [0.29, 0.717) is 5.56 Å². The molecule has 0 bridgehead atoms. The number of nitrogens with zero attached hydrogens (tertiary/aromatic N) is 1. The first kappa shape index (κ1) is 24.7. The van der Waals surface area contributed by atoms with Gasteiger partial charge >= 0.3 is 0 Å². The number of para-hydroxylation sites is 1. The summed E-state index contributed by atoms with van der Waals surface area (Å²) < 4.78 is 24.3. The lowest BCUT2D eigenvalue weighted by atomic mass is 9.94. The van der Waals surface area contributed by atoms with Crippen LogP contribution in [0.5, 0.6) is 11.5 Å². The molecule has 2 N–H and O–H groups in total. The van der Waals surface area contributed by atoms with Crippen molar-refractivity contribution in [3.8, 4) is 11.5 Å². The van der Waals surface area contributed by atoms with Crippen LogP contribution in [0.2, 0.25) is 10.0 Å². The first-order valence-electron chi connectivity index (χ1n) is 11.0. The van der Waals surface area contributed by atoms with E-state index in [1.807, 2.05) is 24.3 Å². The second kappa shape index (κ2) is 9.46. The predicted octanol–water partition coefficient (Wildman–Crippen LogP) is 6.26. The van der Waals surface area contributed by atoms with Crippen LogP contribution in [0.25, 0.3) is 16.7 Å². The number of carbonyl (C=O) groups excluding carboxylic acids is 2. The number of anilines is 1. The number of aliphatic hydroxyl groups is 1. The fraction of sp³-hybridized carbons (Fsp3) is 0.111. The number of carbonyl (C=O) groups is 2. The smallest absolute Gasteiger partial charge is 0.300 e. The summed E-state index contributed by atoms with van der Waals surface area (Å²) in [7, 11) is 2.71. The Bertz CT molecular complexity index is 1600. The third-order valence-electron chi connectivity index (χ3n) is 6.26. The van der Waals surface area contributed by atoms with Crippen molar-refractivity contribution in [3.63, 3.8) is 0 Å². The van der Waals surface area contributed by atoms with Crippen LogP contribution in [-0.2, 0) is 9.59 Å². The van der Waals surface area contributed by atoms with Crippen molar-refractivity contribution in [2.75, 3.05) is 19.1 Å². The van der Waals surface area contributed by atoms with Gasteiger partial charge in [0, 0.05) is 28.4 Å². The highest BCUT2D eigenvalue weighted by Gasteiger charge is 2.48. The Balaban J connectivity index is 1.82. The van der Waals surface area contributed by atoms with Crippen molar-refractivity contribution in [2.24, 2.45) is 0 Å². The van der Waals surface area contributed by atoms with Gasteiger partial charge in [-0.15, -0.1) is 0 Å². The minimum Gasteiger partial charge on any atom is -0.507 e. The molecule has 0 saturated carbocycles. The van der Waals surface area contributed by atoms with E-state index in [0.717, 1.165) is 10.9 Å². The van der Waals surface area contributed by atoms with E-state index < -0.39 is 29.3 Å². The molecule has 188 valence electrons. The molecular formula is C27H19Cl2FN2O5. The van der Waals surface area contributed by atoms with Gasteiger partial charge in [-0.05, 0) is 36.4 Å². The van der Waals surface area contributed by atoms with Crippen LogP contribution in [0.3, 0.4) is 0 Å². The number of ether oxygens (including phenoxy) is 2. The molecule has 1 aliphatic heterocycles. The van der Waals surface area contributed by atoms with Crippen LogP contribution >= 0.6 is 23.2 Å². The Morgan fingerprint density at radius 2 is 1.70 bits per heavy atom. The lowest BCUT2D eigenvalue weighted by molar-refractivity contribution is -0.132. The molecule has 7 nitrogen and oxygen atoms in total. The molecule has 1 aliphatic rings. The van der Waals surface area contributed by atoms with Gasteiger partial charge in [-0.1, -0.05) is 41.4 Å². The van der Waals surface area contributed by atoms with Crippen molar-refractivity contribution < 1.29 is 28.6 Å². The highest BCUT2D eigenvalue weighted by molar-refractivity contribution is 6.52. The number of rotatable bonds is 5. The highest BCUT2D eigenvalue weighted by Crippen LogP contribution is 2.48. The number of aliphatic hydroxyl groups excluding tert-OH is 1. The van der Waals surface area contributed by atoms with E-state index in [1.165, 1.54) is 49.5 Å². The maximum atomic E-state index is 13.7. The summed E-state index contributed by atoms with van der Waals surface area (Å²) in [5.41, 5.74) is 1.37. The Morgan fingerprint density at radius 3 is 2.38 bits per heavy atom. The molecule has 1 atom stereocenters. The molecule has 5 rings (SSSR count). The lowest BCUT2D eigenvalue weighted by Crippen LogP contribution is -2.29. The van der Waals surface area contributed by atoms with Crippen molar-refractivity contribution >= 4 is 57.2 Å². The number of hydrogen-bond donors (Lipinski definition) is 2. The monoisotopic (exact) mass is 540 g/mol. The average Bonchev–Trinajstić information content (AvgIpc) is 3.42. The molecular weight excluding hydrogens is 522 g/mol. The lowest BCUT2D eigenvalue weighted by Gasteiger charge is -2.25. The summed E-state index contributed by atoms with van der Waals surface area (Å²) in [5.74, 6) is -2.75. The van der Waals surface area contributed by atoms with Crippen molar-refractivity contribution in [1.29, 1.82) is 0 Å². The van der Waals surface area contributed by atoms with Crippen LogP contribution < -0.4 is 14.4 Å². The topological polar surface area (TPSA) is 91.9 Å². The number of hydrogen-bond acceptors (Lipinski definition) is 5. The summed E-state index contributed by atoms with van der Waals surface area (Å²) in [6.07, 6.45) is 1.66. The van der Waals surface area contributed by atoms with E-state index in [-0.39, 0.29) is 38.4 Å². The van der Waals surface area contributed by atoms with E-state index >= 15 is 0 Å². The normalized spacial score (nSPS) is 17.0. The van der Waals surface area contributed by atoms with Crippen molar-refractivity contribution in [3.05, 3.63) is 93.4 Å². The molecule has 37 heavy (non-hydrogen) atoms. The van der Waals surface area contributed by atoms with E-state index in [9.17, 15) is 19.1 Å². The number of Topliss-reactive ketones (excluding diaryl/α,β-unsaturated/α-hetero) is 1. The second-order valence-electron chi connectivity index (χ2n) is 8.22. The Morgan fingerprint density at radius 1 is 1.03 bits per heavy atom. The van der Waals surface area contributed by atoms with Gasteiger partial charge in [0.05, 0.1) is 36.4 Å². The standard InChI is InChI=1S/C27H19Cl2FN2O5/c1-36-25-16(11-18(28)26(37-2)21(25)29)23(33)20-22(17-12-31-19-6-4-3-5-15(17)19)32(27(35)24(20)34)14-9-7-13(30)8-10-14/h3-12,22,31,33H,1-2H3/b23-20+. The fourth-order valence-electron chi connectivity index (χ4n) is 4.61. The first-order valence-corrected chi connectivity index (χ1v) is 11.8. The zero-order valence-electron chi connectivity index (χ0n) is 19.5. The molecule has 0 radical (unpaired) electrons. The average molecular weight is 541 g/mol. The number of fused-ring (bicyclic) bond motifs is 1. The zero-order valence-corrected chi connectivity index (χ0v) is 21.0. The van der Waals surface area contributed by atoms with Crippen LogP contribution in [-0.4, -0.2) is 36.0 Å². The van der Waals surface area contributed by atoms with Crippen LogP contribution in [0.15, 0.2) is 66.4 Å². The molecule has 0 spiro atoms. The number of methoxy groups -OCH3 is 2. The zero-order chi connectivity index (χ0) is 26.4. The highest BCUT2D eigenvalue weighted by atomic mass is 35.5. The summed E-state index contributed by atoms with van der Waals surface area (Å²) in [6, 6.07) is 12.8. The van der Waals surface area contributed by atoms with Gasteiger partial charge in [0.2, 0.25) is 0 Å². The van der Waals surface area contributed by atoms with E-state index in [4.69, 9.17) is 32.7 Å². The molecule has 0 aliphatic carbocycles. The minimum atomic E-state index is -1.06. The summed E-state index contributed by atoms with van der Waals surface area (Å²) in [4.78, 5) is 31.2. The number of aromatic nitrogens is 1. The molecule has 4 aromatic rings. The number of benzene rings is 3. The van der Waals surface area contributed by atoms with Gasteiger partial charge in [0.1, 0.15) is 16.6 Å². The SMILES string of the molecule is COc1c(Cl)cc(/C(O)=C2\C(=O)C(=O)N(c3ccc(F)cc3)C2c2c[nH]c3ccccc23)c(OC)c1Cl. The number of halogens is 3. The molecule has 1 amide bonds. The predicted molar refractivity (Wildman–Crippen MR) is 139 cm³/mol. The minimum absolute atomic E-state index is 0.000229. The van der Waals surface area contributed by atoms with Crippen molar-refractivity contribution in [1.82, 2.24) is 4.98 Å². The second-order valence-corrected chi connectivity index (χ2v) is 9.01. The van der Waals surface area contributed by atoms with Gasteiger partial charge in [0.15, 0.2) is 11.5 Å². The van der Waals surface area contributed by atoms with Crippen LogP contribution in [0.1, 0.15) is 17.2 Å². The largest absolute Gasteiger partial charge is 0.507 e. The Labute approximate surface area is 220 Å². The van der Waals surface area contributed by atoms with Gasteiger partial charge in [-0.25, -0.2) is 4.39 Å². The summed E-state index contributed by atoms with van der Waals surface area (Å²) in [6.45, 7) is 0. The van der Waals surface area contributed by atoms with Gasteiger partial charge in [-0.2, -0.15) is 0 Å². The molecule has 1 saturated heterocycles. The quantitative estimate of drug-likeness (QED) is 0.177. The fourth-order valence-corrected chi connectivity index (χ4v) is 5.29. The van der Waals surface area contributed by atoms with Gasteiger partial charge in [0.25, 0.3) is 11.7 Å². The molecule has 1 fully saturated rings. The van der Waals surface area contributed by atoms with E-state index in [1.54, 1.807) is 6.20 Å². The number of ketones is 1. The summed E-state index contributed by atoms with van der Waals surface area (Å²) in [5, 5.41) is 12.3. The van der Waals surface area contributed by atoms with E-state index in [2.05, 4.69) is 4.98 Å². The first-order chi connectivity index (χ1) is 17.8. The number of aromatic amines is 1. The van der Waals surface area contributed by atoms with Crippen molar-refractivity contribution in [2.45, 2.75) is 6.04 Å². The number of amides is 1. The number of nitrogens with one attached hydrogen (secondary N) is 1. The number of H-pyrrole nitrogens is 1. The Kier molecular flexibility index (Phi) is 6.31. The maximum absolute atomic E-state index is 13.7. The summed E-state index contributed by atoms with van der Waals surface area (Å²) >= 11 is 12.7. The van der Waals surface area contributed by atoms with Gasteiger partial charge in [-0.3, -0.25) is 14.5 Å². The van der Waals surface area contributed by atoms with Gasteiger partial charge < -0.3 is 19.6 Å². The third-order valence-corrected chi connectivity index (χ3v) is 6.88. The molecule has 1 aromatic heterocycles. The molecule has 10 heteroatoms. The van der Waals surface area contributed by atoms with Crippen LogP contribution in [0, 0.1) is 5.82 Å². The van der Waals surface area contributed by atoms with Crippen LogP contribution in [0.4, 0.5) is 10.1 Å². The molecule has 1 unspecified atom stereocenters. The maximum Gasteiger partial charge on any atom is 0.300 e.